The number of hydrogen-bond donors (Lipinski definition) is 3. The third-order valence-corrected chi connectivity index (χ3v) is 5.56. The molecule has 118 valence electrons. The van der Waals surface area contributed by atoms with E-state index in [1.54, 1.807) is 18.2 Å². The van der Waals surface area contributed by atoms with Crippen molar-refractivity contribution < 1.29 is 8.42 Å². The predicted octanol–water partition coefficient (Wildman–Crippen LogP) is 1.12. The number of para-hydroxylation sites is 1. The second-order valence-electron chi connectivity index (χ2n) is 5.46. The van der Waals surface area contributed by atoms with Gasteiger partial charge in [0.25, 0.3) is 0 Å². The molecule has 0 bridgehead atoms. The van der Waals surface area contributed by atoms with E-state index >= 15 is 0 Å². The summed E-state index contributed by atoms with van der Waals surface area (Å²) in [5.41, 5.74) is 2.81. The molecule has 1 fully saturated rings. The van der Waals surface area contributed by atoms with Crippen LogP contribution in [0.15, 0.2) is 29.2 Å². The smallest absolute Gasteiger partial charge is 0.242 e. The van der Waals surface area contributed by atoms with Gasteiger partial charge in [-0.05, 0) is 32.0 Å². The zero-order valence-corrected chi connectivity index (χ0v) is 13.2. The molecule has 2 rings (SSSR count). The second-order valence-corrected chi connectivity index (χ2v) is 7.19. The molecule has 1 aliphatic rings. The third kappa shape index (κ3) is 4.16. The summed E-state index contributed by atoms with van der Waals surface area (Å²) in [5.74, 6) is 5.36. The first kappa shape index (κ1) is 16.2. The number of rotatable bonds is 7. The topological polar surface area (TPSA) is 87.5 Å². The maximum absolute atomic E-state index is 12.3. The van der Waals surface area contributed by atoms with E-state index < -0.39 is 10.0 Å². The number of likely N-dealkylation sites (N-methyl/N-ethyl adjacent to an activating group) is 1. The van der Waals surface area contributed by atoms with Crippen LogP contribution in [0, 0.1) is 0 Å². The Morgan fingerprint density at radius 1 is 1.29 bits per heavy atom. The Morgan fingerprint density at radius 3 is 2.62 bits per heavy atom. The standard InChI is InChI=1S/C14H24N4O2S/c1-18(12-6-2-3-7-12)11-10-16-21(19,20)14-9-5-4-8-13(14)17-15/h4-5,8-9,12,16-17H,2-3,6-7,10-11,15H2,1H3. The highest BCUT2D eigenvalue weighted by molar-refractivity contribution is 7.89. The molecule has 0 aliphatic heterocycles. The van der Waals surface area contributed by atoms with Gasteiger partial charge in [0.1, 0.15) is 4.90 Å². The summed E-state index contributed by atoms with van der Waals surface area (Å²) in [5, 5.41) is 0. The Hall–Kier alpha value is -1.15. The Bertz CT molecular complexity index is 556. The summed E-state index contributed by atoms with van der Waals surface area (Å²) in [6, 6.07) is 7.19. The Kier molecular flexibility index (Phi) is 5.58. The van der Waals surface area contributed by atoms with Crippen molar-refractivity contribution in [2.75, 3.05) is 25.6 Å². The molecule has 0 spiro atoms. The molecular weight excluding hydrogens is 288 g/mol. The highest BCUT2D eigenvalue weighted by Crippen LogP contribution is 2.22. The van der Waals surface area contributed by atoms with Gasteiger partial charge in [-0.1, -0.05) is 25.0 Å². The van der Waals surface area contributed by atoms with Gasteiger partial charge >= 0.3 is 0 Å². The first-order chi connectivity index (χ1) is 10.0. The third-order valence-electron chi connectivity index (χ3n) is 4.04. The lowest BCUT2D eigenvalue weighted by Gasteiger charge is -2.24. The van der Waals surface area contributed by atoms with Crippen LogP contribution in [0.3, 0.4) is 0 Å². The minimum Gasteiger partial charge on any atom is -0.323 e. The normalized spacial score (nSPS) is 16.5. The summed E-state index contributed by atoms with van der Waals surface area (Å²) < 4.78 is 27.2. The van der Waals surface area contributed by atoms with Gasteiger partial charge in [-0.3, -0.25) is 5.84 Å². The van der Waals surface area contributed by atoms with Crippen molar-refractivity contribution in [1.82, 2.24) is 9.62 Å². The van der Waals surface area contributed by atoms with Crippen LogP contribution in [0.1, 0.15) is 25.7 Å². The van der Waals surface area contributed by atoms with E-state index in [4.69, 9.17) is 5.84 Å². The van der Waals surface area contributed by atoms with Crippen LogP contribution in [-0.2, 0) is 10.0 Å². The molecule has 7 heteroatoms. The predicted molar refractivity (Wildman–Crippen MR) is 84.3 cm³/mol. The van der Waals surface area contributed by atoms with Crippen LogP contribution in [0.4, 0.5) is 5.69 Å². The molecule has 1 aromatic rings. The van der Waals surface area contributed by atoms with Crippen LogP contribution in [-0.4, -0.2) is 39.5 Å². The summed E-state index contributed by atoms with van der Waals surface area (Å²) in [4.78, 5) is 2.42. The SMILES string of the molecule is CN(CCNS(=O)(=O)c1ccccc1NN)C1CCCC1. The van der Waals surface area contributed by atoms with Crippen LogP contribution in [0.2, 0.25) is 0 Å². The number of nitrogens with two attached hydrogens (primary N) is 1. The van der Waals surface area contributed by atoms with Crippen LogP contribution in [0.5, 0.6) is 0 Å². The number of nitrogens with one attached hydrogen (secondary N) is 2. The maximum Gasteiger partial charge on any atom is 0.242 e. The quantitative estimate of drug-likeness (QED) is 0.519. The van der Waals surface area contributed by atoms with Gasteiger partial charge in [-0.25, -0.2) is 13.1 Å². The van der Waals surface area contributed by atoms with Gasteiger partial charge in [0.2, 0.25) is 10.0 Å². The number of hydrogen-bond acceptors (Lipinski definition) is 5. The Labute approximate surface area is 126 Å². The number of nitrogens with zero attached hydrogens (tertiary/aromatic N) is 1. The van der Waals surface area contributed by atoms with E-state index in [0.29, 0.717) is 24.8 Å². The molecule has 21 heavy (non-hydrogen) atoms. The van der Waals surface area contributed by atoms with Crippen molar-refractivity contribution in [1.29, 1.82) is 0 Å². The highest BCUT2D eigenvalue weighted by atomic mass is 32.2. The number of hydrazine groups is 1. The number of nitrogen functional groups attached to an aromatic ring is 1. The number of anilines is 1. The van der Waals surface area contributed by atoms with E-state index in [-0.39, 0.29) is 4.90 Å². The fourth-order valence-corrected chi connectivity index (χ4v) is 3.97. The highest BCUT2D eigenvalue weighted by Gasteiger charge is 2.21. The van der Waals surface area contributed by atoms with Crippen molar-refractivity contribution in [2.24, 2.45) is 5.84 Å². The van der Waals surface area contributed by atoms with Crippen molar-refractivity contribution >= 4 is 15.7 Å². The van der Waals surface area contributed by atoms with Crippen molar-refractivity contribution in [3.05, 3.63) is 24.3 Å². The average molecular weight is 312 g/mol. The molecular formula is C14H24N4O2S. The molecule has 0 atom stereocenters. The van der Waals surface area contributed by atoms with Crippen molar-refractivity contribution in [2.45, 2.75) is 36.6 Å². The molecule has 0 heterocycles. The largest absolute Gasteiger partial charge is 0.323 e. The molecule has 0 unspecified atom stereocenters. The first-order valence-electron chi connectivity index (χ1n) is 7.30. The molecule has 0 saturated heterocycles. The molecule has 1 aromatic carbocycles. The van der Waals surface area contributed by atoms with Gasteiger partial charge in [0.15, 0.2) is 0 Å². The molecule has 1 saturated carbocycles. The average Bonchev–Trinajstić information content (AvgIpc) is 3.01. The van der Waals surface area contributed by atoms with Gasteiger partial charge in [-0.2, -0.15) is 0 Å². The van der Waals surface area contributed by atoms with E-state index in [0.717, 1.165) is 0 Å². The van der Waals surface area contributed by atoms with Crippen LogP contribution >= 0.6 is 0 Å². The fourth-order valence-electron chi connectivity index (χ4n) is 2.78. The van der Waals surface area contributed by atoms with Gasteiger partial charge in [0.05, 0.1) is 5.69 Å². The molecule has 4 N–H and O–H groups in total. The van der Waals surface area contributed by atoms with Crippen LogP contribution < -0.4 is 16.0 Å². The lowest BCUT2D eigenvalue weighted by atomic mass is 10.2. The van der Waals surface area contributed by atoms with E-state index in [1.165, 1.54) is 31.7 Å². The summed E-state index contributed by atoms with van der Waals surface area (Å²) in [7, 11) is -1.49. The second kappa shape index (κ2) is 7.22. The zero-order chi connectivity index (χ0) is 15.3. The summed E-state index contributed by atoms with van der Waals surface area (Å²) in [6.07, 6.45) is 4.97. The maximum atomic E-state index is 12.3. The summed E-state index contributed by atoms with van der Waals surface area (Å²) >= 11 is 0. The molecule has 0 aromatic heterocycles. The number of sulfonamides is 1. The van der Waals surface area contributed by atoms with Gasteiger partial charge in [0, 0.05) is 19.1 Å². The minimum absolute atomic E-state index is 0.177. The zero-order valence-electron chi connectivity index (χ0n) is 12.4. The fraction of sp³-hybridized carbons (Fsp3) is 0.571. The Balaban J connectivity index is 1.92. The van der Waals surface area contributed by atoms with E-state index in [9.17, 15) is 8.42 Å². The molecule has 1 aliphatic carbocycles. The van der Waals surface area contributed by atoms with Crippen LogP contribution in [0.25, 0.3) is 0 Å². The van der Waals surface area contributed by atoms with E-state index in [2.05, 4.69) is 22.1 Å². The van der Waals surface area contributed by atoms with Crippen molar-refractivity contribution in [3.8, 4) is 0 Å². The molecule has 0 radical (unpaired) electrons. The van der Waals surface area contributed by atoms with Gasteiger partial charge < -0.3 is 10.3 Å². The number of benzene rings is 1. The lowest BCUT2D eigenvalue weighted by molar-refractivity contribution is 0.250. The molecule has 0 amide bonds. The van der Waals surface area contributed by atoms with Crippen molar-refractivity contribution in [3.63, 3.8) is 0 Å². The van der Waals surface area contributed by atoms with E-state index in [1.807, 2.05) is 0 Å². The lowest BCUT2D eigenvalue weighted by Crippen LogP contribution is -2.37. The van der Waals surface area contributed by atoms with Gasteiger partial charge in [-0.15, -0.1) is 0 Å². The first-order valence-corrected chi connectivity index (χ1v) is 8.78. The Morgan fingerprint density at radius 2 is 1.95 bits per heavy atom. The molecule has 6 nitrogen and oxygen atoms in total. The summed E-state index contributed by atoms with van der Waals surface area (Å²) in [6.45, 7) is 1.11. The minimum atomic E-state index is -3.54. The monoisotopic (exact) mass is 312 g/mol.